The summed E-state index contributed by atoms with van der Waals surface area (Å²) < 4.78 is 10.2. The van der Waals surface area contributed by atoms with Gasteiger partial charge in [-0.25, -0.2) is 4.79 Å². The Bertz CT molecular complexity index is 817. The second-order valence-corrected chi connectivity index (χ2v) is 5.91. The van der Waals surface area contributed by atoms with Gasteiger partial charge in [0.05, 0.1) is 24.4 Å². The zero-order valence-electron chi connectivity index (χ0n) is 14.6. The van der Waals surface area contributed by atoms with E-state index < -0.39 is 5.97 Å². The molecule has 0 aliphatic rings. The van der Waals surface area contributed by atoms with Crippen LogP contribution in [0.5, 0.6) is 5.75 Å². The molecule has 2 aromatic rings. The Morgan fingerprint density at radius 2 is 1.84 bits per heavy atom. The van der Waals surface area contributed by atoms with Gasteiger partial charge in [0.1, 0.15) is 11.3 Å². The smallest absolute Gasteiger partial charge is 0.341 e. The van der Waals surface area contributed by atoms with Crippen LogP contribution in [0, 0.1) is 13.8 Å². The van der Waals surface area contributed by atoms with Crippen LogP contribution in [0.3, 0.4) is 0 Å². The molecule has 0 aliphatic heterocycles. The molecule has 0 radical (unpaired) electrons. The zero-order valence-corrected chi connectivity index (χ0v) is 15.4. The number of anilines is 1. The van der Waals surface area contributed by atoms with E-state index in [0.717, 1.165) is 11.1 Å². The van der Waals surface area contributed by atoms with Gasteiger partial charge in [0.25, 0.3) is 5.91 Å². The highest BCUT2D eigenvalue weighted by atomic mass is 35.5. The zero-order chi connectivity index (χ0) is 18.6. The van der Waals surface area contributed by atoms with Crippen LogP contribution in [0.1, 0.15) is 38.8 Å². The summed E-state index contributed by atoms with van der Waals surface area (Å²) in [5.74, 6) is -0.553. The summed E-state index contributed by atoms with van der Waals surface area (Å²) in [6.45, 7) is 5.87. The van der Waals surface area contributed by atoms with Crippen molar-refractivity contribution in [3.63, 3.8) is 0 Å². The Hall–Kier alpha value is -2.53. The maximum Gasteiger partial charge on any atom is 0.341 e. The van der Waals surface area contributed by atoms with E-state index >= 15 is 0 Å². The topological polar surface area (TPSA) is 64.6 Å². The number of halogens is 1. The van der Waals surface area contributed by atoms with Crippen molar-refractivity contribution in [1.82, 2.24) is 0 Å². The molecule has 5 nitrogen and oxygen atoms in total. The first kappa shape index (κ1) is 18.8. The van der Waals surface area contributed by atoms with Crippen molar-refractivity contribution in [2.75, 3.05) is 19.0 Å². The second kappa shape index (κ2) is 8.03. The molecule has 2 rings (SSSR count). The van der Waals surface area contributed by atoms with Crippen molar-refractivity contribution >= 4 is 29.2 Å². The third-order valence-electron chi connectivity index (χ3n) is 3.80. The first-order valence-electron chi connectivity index (χ1n) is 7.80. The van der Waals surface area contributed by atoms with Crippen LogP contribution < -0.4 is 10.1 Å². The summed E-state index contributed by atoms with van der Waals surface area (Å²) >= 11 is 6.21. The number of carbonyl (C=O) groups is 2. The molecule has 132 valence electrons. The summed E-state index contributed by atoms with van der Waals surface area (Å²) in [6.07, 6.45) is 0. The molecule has 2 aromatic carbocycles. The Morgan fingerprint density at radius 1 is 1.12 bits per heavy atom. The van der Waals surface area contributed by atoms with Crippen molar-refractivity contribution in [2.45, 2.75) is 20.8 Å². The second-order valence-electron chi connectivity index (χ2n) is 5.51. The maximum atomic E-state index is 12.4. The summed E-state index contributed by atoms with van der Waals surface area (Å²) in [5, 5.41) is 2.97. The fourth-order valence-corrected chi connectivity index (χ4v) is 2.47. The number of hydrogen-bond donors (Lipinski definition) is 1. The lowest BCUT2D eigenvalue weighted by atomic mass is 10.1. The number of rotatable bonds is 5. The van der Waals surface area contributed by atoms with E-state index in [1.54, 1.807) is 13.0 Å². The predicted octanol–water partition coefficient (Wildman–Crippen LogP) is 4.39. The van der Waals surface area contributed by atoms with E-state index in [2.05, 4.69) is 5.32 Å². The Morgan fingerprint density at radius 3 is 2.44 bits per heavy atom. The average molecular weight is 362 g/mol. The van der Waals surface area contributed by atoms with E-state index in [1.807, 2.05) is 26.0 Å². The standard InChI is InChI=1S/C19H20ClNO4/c1-5-25-19(23)14-9-15(20)16(10-17(14)24-4)21-18(22)13-7-6-11(2)12(3)8-13/h6-10H,5H2,1-4H3,(H,21,22). The fraction of sp³-hybridized carbons (Fsp3) is 0.263. The molecule has 0 saturated heterocycles. The fourth-order valence-electron chi connectivity index (χ4n) is 2.26. The van der Waals surface area contributed by atoms with Crippen molar-refractivity contribution < 1.29 is 19.1 Å². The minimum absolute atomic E-state index is 0.207. The number of benzene rings is 2. The van der Waals surface area contributed by atoms with Gasteiger partial charge in [0, 0.05) is 11.6 Å². The first-order valence-corrected chi connectivity index (χ1v) is 8.18. The third kappa shape index (κ3) is 4.31. The lowest BCUT2D eigenvalue weighted by Crippen LogP contribution is -2.14. The monoisotopic (exact) mass is 361 g/mol. The van der Waals surface area contributed by atoms with Crippen LogP contribution in [0.4, 0.5) is 5.69 Å². The molecule has 25 heavy (non-hydrogen) atoms. The van der Waals surface area contributed by atoms with Crippen LogP contribution in [-0.2, 0) is 4.74 Å². The maximum absolute atomic E-state index is 12.4. The number of aryl methyl sites for hydroxylation is 2. The molecule has 6 heteroatoms. The van der Waals surface area contributed by atoms with Crippen molar-refractivity contribution in [3.8, 4) is 5.75 Å². The highest BCUT2D eigenvalue weighted by molar-refractivity contribution is 6.34. The van der Waals surface area contributed by atoms with Crippen LogP contribution in [0.15, 0.2) is 30.3 Å². The van der Waals surface area contributed by atoms with E-state index in [-0.39, 0.29) is 28.8 Å². The summed E-state index contributed by atoms with van der Waals surface area (Å²) in [5.41, 5.74) is 3.21. The van der Waals surface area contributed by atoms with Gasteiger partial charge in [-0.05, 0) is 50.1 Å². The largest absolute Gasteiger partial charge is 0.496 e. The van der Waals surface area contributed by atoms with Gasteiger partial charge in [-0.1, -0.05) is 17.7 Å². The van der Waals surface area contributed by atoms with Gasteiger partial charge in [0.2, 0.25) is 0 Å². The van der Waals surface area contributed by atoms with Crippen molar-refractivity contribution in [1.29, 1.82) is 0 Å². The van der Waals surface area contributed by atoms with Gasteiger partial charge < -0.3 is 14.8 Å². The van der Waals surface area contributed by atoms with E-state index in [0.29, 0.717) is 11.3 Å². The molecular weight excluding hydrogens is 342 g/mol. The Labute approximate surface area is 151 Å². The van der Waals surface area contributed by atoms with Gasteiger partial charge >= 0.3 is 5.97 Å². The van der Waals surface area contributed by atoms with E-state index in [4.69, 9.17) is 21.1 Å². The molecule has 0 atom stereocenters. The summed E-state index contributed by atoms with van der Waals surface area (Å²) in [7, 11) is 1.43. The normalized spacial score (nSPS) is 10.3. The lowest BCUT2D eigenvalue weighted by Gasteiger charge is -2.13. The van der Waals surface area contributed by atoms with Gasteiger partial charge in [-0.15, -0.1) is 0 Å². The van der Waals surface area contributed by atoms with Crippen molar-refractivity contribution in [3.05, 3.63) is 57.6 Å². The highest BCUT2D eigenvalue weighted by Crippen LogP contribution is 2.32. The molecule has 0 unspecified atom stereocenters. The van der Waals surface area contributed by atoms with Crippen LogP contribution >= 0.6 is 11.6 Å². The first-order chi connectivity index (χ1) is 11.9. The molecule has 0 aliphatic carbocycles. The quantitative estimate of drug-likeness (QED) is 0.802. The van der Waals surface area contributed by atoms with E-state index in [9.17, 15) is 9.59 Å². The number of carbonyl (C=O) groups excluding carboxylic acids is 2. The van der Waals surface area contributed by atoms with Gasteiger partial charge in [-0.2, -0.15) is 0 Å². The van der Waals surface area contributed by atoms with Crippen LogP contribution in [-0.4, -0.2) is 25.6 Å². The average Bonchev–Trinajstić information content (AvgIpc) is 2.58. The number of ether oxygens (including phenoxy) is 2. The van der Waals surface area contributed by atoms with Crippen molar-refractivity contribution in [2.24, 2.45) is 0 Å². The number of methoxy groups -OCH3 is 1. The molecule has 1 N–H and O–H groups in total. The van der Waals surface area contributed by atoms with Crippen LogP contribution in [0.25, 0.3) is 0 Å². The molecule has 0 aromatic heterocycles. The lowest BCUT2D eigenvalue weighted by molar-refractivity contribution is 0.0522. The third-order valence-corrected chi connectivity index (χ3v) is 4.11. The van der Waals surface area contributed by atoms with E-state index in [1.165, 1.54) is 19.2 Å². The summed E-state index contributed by atoms with van der Waals surface area (Å²) in [6, 6.07) is 8.37. The van der Waals surface area contributed by atoms with Gasteiger partial charge in [0.15, 0.2) is 0 Å². The molecular formula is C19H20ClNO4. The van der Waals surface area contributed by atoms with Gasteiger partial charge in [-0.3, -0.25) is 4.79 Å². The molecule has 1 amide bonds. The SMILES string of the molecule is CCOC(=O)c1cc(Cl)c(NC(=O)c2ccc(C)c(C)c2)cc1OC. The molecule has 0 spiro atoms. The predicted molar refractivity (Wildman–Crippen MR) is 97.8 cm³/mol. The molecule has 0 bridgehead atoms. The minimum Gasteiger partial charge on any atom is -0.496 e. The minimum atomic E-state index is -0.534. The highest BCUT2D eigenvalue weighted by Gasteiger charge is 2.18. The number of nitrogens with one attached hydrogen (secondary N) is 1. The Kier molecular flexibility index (Phi) is 6.04. The number of esters is 1. The summed E-state index contributed by atoms with van der Waals surface area (Å²) in [4.78, 5) is 24.4. The molecule has 0 heterocycles. The number of amides is 1. The Balaban J connectivity index is 2.31. The van der Waals surface area contributed by atoms with Crippen LogP contribution in [0.2, 0.25) is 5.02 Å². The molecule has 0 fully saturated rings. The number of hydrogen-bond acceptors (Lipinski definition) is 4. The molecule has 0 saturated carbocycles.